The van der Waals surface area contributed by atoms with E-state index < -0.39 is 4.92 Å². The topological polar surface area (TPSA) is 82.6 Å². The molecule has 0 aliphatic carbocycles. The van der Waals surface area contributed by atoms with Crippen molar-refractivity contribution in [3.8, 4) is 17.1 Å². The van der Waals surface area contributed by atoms with Crippen LogP contribution in [0.2, 0.25) is 5.02 Å². The van der Waals surface area contributed by atoms with E-state index in [0.29, 0.717) is 28.4 Å². The second kappa shape index (κ2) is 8.75. The minimum atomic E-state index is -0.550. The first-order valence-corrected chi connectivity index (χ1v) is 9.24. The molecule has 3 rings (SSSR count). The Bertz CT molecular complexity index is 1070. The Morgan fingerprint density at radius 1 is 1.14 bits per heavy atom. The van der Waals surface area contributed by atoms with Crippen LogP contribution in [-0.2, 0) is 0 Å². The van der Waals surface area contributed by atoms with Gasteiger partial charge in [-0.05, 0) is 74.5 Å². The third-order valence-electron chi connectivity index (χ3n) is 3.96. The van der Waals surface area contributed by atoms with Gasteiger partial charge in [-0.1, -0.05) is 11.6 Å². The average Bonchev–Trinajstić information content (AvgIpc) is 3.15. The smallest absolute Gasteiger partial charge is 0.288 e. The summed E-state index contributed by atoms with van der Waals surface area (Å²) in [4.78, 5) is 22.8. The number of nitro groups is 1. The summed E-state index contributed by atoms with van der Waals surface area (Å²) in [7, 11) is 0. The third-order valence-corrected chi connectivity index (χ3v) is 4.28. The fraction of sp³-hybridized carbons (Fsp3) is 0.136. The molecule has 0 radical (unpaired) electrons. The van der Waals surface area contributed by atoms with Crippen LogP contribution in [0.25, 0.3) is 17.4 Å². The van der Waals surface area contributed by atoms with E-state index in [9.17, 15) is 14.9 Å². The van der Waals surface area contributed by atoms with Crippen LogP contribution in [0.3, 0.4) is 0 Å². The van der Waals surface area contributed by atoms with Gasteiger partial charge in [0.05, 0.1) is 11.0 Å². The minimum Gasteiger partial charge on any atom is -0.491 e. The predicted octanol–water partition coefficient (Wildman–Crippen LogP) is 6.19. The summed E-state index contributed by atoms with van der Waals surface area (Å²) in [5.41, 5.74) is 0.850. The summed E-state index contributed by atoms with van der Waals surface area (Å²) in [6, 6.07) is 14.7. The maximum absolute atomic E-state index is 12.3. The van der Waals surface area contributed by atoms with E-state index in [1.54, 1.807) is 48.5 Å². The molecule has 0 amide bonds. The molecule has 0 atom stereocenters. The van der Waals surface area contributed by atoms with Crippen molar-refractivity contribution in [2.24, 2.45) is 0 Å². The molecule has 29 heavy (non-hydrogen) atoms. The lowest BCUT2D eigenvalue weighted by atomic mass is 10.1. The molecule has 1 heterocycles. The molecule has 0 spiro atoms. The molecule has 1 aromatic heterocycles. The van der Waals surface area contributed by atoms with Crippen molar-refractivity contribution in [1.29, 1.82) is 0 Å². The fourth-order valence-electron chi connectivity index (χ4n) is 2.63. The van der Waals surface area contributed by atoms with E-state index in [-0.39, 0.29) is 22.6 Å². The van der Waals surface area contributed by atoms with Crippen LogP contribution < -0.4 is 4.74 Å². The van der Waals surface area contributed by atoms with Gasteiger partial charge in [-0.2, -0.15) is 0 Å². The van der Waals surface area contributed by atoms with Crippen LogP contribution in [0.15, 0.2) is 65.1 Å². The van der Waals surface area contributed by atoms with Gasteiger partial charge in [0.2, 0.25) is 0 Å². The molecular weight excluding hydrogens is 394 g/mol. The molecule has 2 aromatic carbocycles. The number of carbonyl (C=O) groups excluding carboxylic acids is 1. The predicted molar refractivity (Wildman–Crippen MR) is 111 cm³/mol. The van der Waals surface area contributed by atoms with Crippen LogP contribution in [0.4, 0.5) is 5.69 Å². The molecule has 148 valence electrons. The van der Waals surface area contributed by atoms with Gasteiger partial charge in [0, 0.05) is 17.2 Å². The van der Waals surface area contributed by atoms with E-state index >= 15 is 0 Å². The monoisotopic (exact) mass is 411 g/mol. The Morgan fingerprint density at radius 3 is 2.52 bits per heavy atom. The molecule has 7 heteroatoms. The normalized spacial score (nSPS) is 11.2. The van der Waals surface area contributed by atoms with Crippen LogP contribution in [0.5, 0.6) is 5.75 Å². The van der Waals surface area contributed by atoms with Crippen molar-refractivity contribution in [2.45, 2.75) is 20.0 Å². The van der Waals surface area contributed by atoms with Crippen LogP contribution in [0.1, 0.15) is 30.0 Å². The standard InChI is InChI=1S/C22H18ClNO5/c1-14(2)28-17-6-3-15(4-7-17)21(25)11-8-18-9-12-22(29-18)16-5-10-19(23)20(13-16)24(26)27/h3-14H,1-2H3/b11-8+. The molecule has 0 N–H and O–H groups in total. The van der Waals surface area contributed by atoms with E-state index in [1.165, 1.54) is 18.2 Å². The molecule has 6 nitrogen and oxygen atoms in total. The van der Waals surface area contributed by atoms with Gasteiger partial charge in [0.25, 0.3) is 5.69 Å². The summed E-state index contributed by atoms with van der Waals surface area (Å²) in [5.74, 6) is 1.41. The molecular formula is C22H18ClNO5. The second-order valence-electron chi connectivity index (χ2n) is 6.51. The molecule has 0 aliphatic heterocycles. The first-order chi connectivity index (χ1) is 13.8. The number of nitrogens with zero attached hydrogens (tertiary/aromatic N) is 1. The summed E-state index contributed by atoms with van der Waals surface area (Å²) in [6.45, 7) is 3.86. The Balaban J connectivity index is 1.73. The number of allylic oxidation sites excluding steroid dienone is 1. The summed E-state index contributed by atoms with van der Waals surface area (Å²) < 4.78 is 11.2. The first-order valence-electron chi connectivity index (χ1n) is 8.87. The first kappa shape index (κ1) is 20.4. The molecule has 0 bridgehead atoms. The lowest BCUT2D eigenvalue weighted by Crippen LogP contribution is -2.05. The maximum atomic E-state index is 12.3. The molecule has 3 aromatic rings. The highest BCUT2D eigenvalue weighted by atomic mass is 35.5. The van der Waals surface area contributed by atoms with Crippen molar-refractivity contribution in [3.63, 3.8) is 0 Å². The minimum absolute atomic E-state index is 0.0563. The van der Waals surface area contributed by atoms with Gasteiger partial charge in [-0.25, -0.2) is 0 Å². The number of rotatable bonds is 7. The number of halogens is 1. The number of hydrogen-bond acceptors (Lipinski definition) is 5. The largest absolute Gasteiger partial charge is 0.491 e. The number of ether oxygens (including phenoxy) is 1. The number of ketones is 1. The number of carbonyl (C=O) groups is 1. The van der Waals surface area contributed by atoms with Gasteiger partial charge in [0.15, 0.2) is 5.78 Å². The second-order valence-corrected chi connectivity index (χ2v) is 6.92. The van der Waals surface area contributed by atoms with E-state index in [0.717, 1.165) is 0 Å². The van der Waals surface area contributed by atoms with Gasteiger partial charge in [-0.3, -0.25) is 14.9 Å². The Kier molecular flexibility index (Phi) is 6.14. The molecule has 0 saturated carbocycles. The zero-order valence-corrected chi connectivity index (χ0v) is 16.6. The summed E-state index contributed by atoms with van der Waals surface area (Å²) >= 11 is 5.83. The lowest BCUT2D eigenvalue weighted by Gasteiger charge is -2.09. The number of hydrogen-bond donors (Lipinski definition) is 0. The third kappa shape index (κ3) is 5.12. The fourth-order valence-corrected chi connectivity index (χ4v) is 2.81. The SMILES string of the molecule is CC(C)Oc1ccc(C(=O)/C=C/c2ccc(-c3ccc(Cl)c([N+](=O)[O-])c3)o2)cc1. The van der Waals surface area contributed by atoms with Crippen LogP contribution >= 0.6 is 11.6 Å². The quantitative estimate of drug-likeness (QED) is 0.200. The van der Waals surface area contributed by atoms with E-state index in [1.807, 2.05) is 13.8 Å². The maximum Gasteiger partial charge on any atom is 0.288 e. The molecule has 0 unspecified atom stereocenters. The highest BCUT2D eigenvalue weighted by molar-refractivity contribution is 6.32. The van der Waals surface area contributed by atoms with E-state index in [4.69, 9.17) is 20.8 Å². The van der Waals surface area contributed by atoms with Crippen LogP contribution in [-0.4, -0.2) is 16.8 Å². The van der Waals surface area contributed by atoms with Crippen molar-refractivity contribution >= 4 is 29.1 Å². The number of nitro benzene ring substituents is 1. The lowest BCUT2D eigenvalue weighted by molar-refractivity contribution is -0.384. The van der Waals surface area contributed by atoms with Gasteiger partial charge >= 0.3 is 0 Å². The molecule has 0 aliphatic rings. The Labute approximate surface area is 172 Å². The zero-order chi connectivity index (χ0) is 21.0. The van der Waals surface area contributed by atoms with E-state index in [2.05, 4.69) is 0 Å². The van der Waals surface area contributed by atoms with Crippen molar-refractivity contribution in [1.82, 2.24) is 0 Å². The van der Waals surface area contributed by atoms with Gasteiger partial charge < -0.3 is 9.15 Å². The molecule has 0 fully saturated rings. The number of furan rings is 1. The zero-order valence-electron chi connectivity index (χ0n) is 15.8. The van der Waals surface area contributed by atoms with Crippen LogP contribution in [0, 0.1) is 10.1 Å². The highest BCUT2D eigenvalue weighted by Crippen LogP contribution is 2.31. The Morgan fingerprint density at radius 2 is 1.86 bits per heavy atom. The highest BCUT2D eigenvalue weighted by Gasteiger charge is 2.15. The van der Waals surface area contributed by atoms with Crippen molar-refractivity contribution < 1.29 is 18.9 Å². The van der Waals surface area contributed by atoms with Crippen molar-refractivity contribution in [3.05, 3.63) is 87.1 Å². The van der Waals surface area contributed by atoms with Gasteiger partial charge in [0.1, 0.15) is 22.3 Å². The summed E-state index contributed by atoms with van der Waals surface area (Å²) in [6.07, 6.45) is 3.02. The summed E-state index contributed by atoms with van der Waals surface area (Å²) in [5, 5.41) is 11.1. The molecule has 0 saturated heterocycles. The Hall–Kier alpha value is -3.38. The average molecular weight is 412 g/mol. The van der Waals surface area contributed by atoms with Crippen molar-refractivity contribution in [2.75, 3.05) is 0 Å². The van der Waals surface area contributed by atoms with Gasteiger partial charge in [-0.15, -0.1) is 0 Å². The number of benzene rings is 2.